The van der Waals surface area contributed by atoms with E-state index in [-0.39, 0.29) is 18.3 Å². The van der Waals surface area contributed by atoms with E-state index in [0.717, 1.165) is 6.26 Å². The largest absolute Gasteiger partial charge is 0.327 e. The predicted molar refractivity (Wildman–Crippen MR) is 55.1 cm³/mol. The van der Waals surface area contributed by atoms with Crippen molar-refractivity contribution in [2.45, 2.75) is 13.0 Å². The van der Waals surface area contributed by atoms with Gasteiger partial charge in [0, 0.05) is 18.8 Å². The van der Waals surface area contributed by atoms with Crippen LogP contribution in [0.4, 0.5) is 0 Å². The summed E-state index contributed by atoms with van der Waals surface area (Å²) in [6.45, 7) is 1.77. The molecule has 0 saturated heterocycles. The van der Waals surface area contributed by atoms with Crippen LogP contribution in [0.1, 0.15) is 6.92 Å². The maximum Gasteiger partial charge on any atom is 0.212 e. The van der Waals surface area contributed by atoms with Crippen LogP contribution in [-0.4, -0.2) is 47.2 Å². The van der Waals surface area contributed by atoms with Crippen LogP contribution in [0, 0.1) is 0 Å². The zero-order chi connectivity index (χ0) is 11.4. The highest BCUT2D eigenvalue weighted by atomic mass is 32.2. The van der Waals surface area contributed by atoms with E-state index in [1.54, 1.807) is 6.92 Å². The molecule has 6 nitrogen and oxygen atoms in total. The molecule has 0 aromatic rings. The number of rotatable bonds is 6. The monoisotopic (exact) mass is 244 g/mol. The third kappa shape index (κ3) is 8.42. The number of sulfonamides is 1. The second-order valence-electron chi connectivity index (χ2n) is 3.27. The minimum Gasteiger partial charge on any atom is -0.327 e. The Bertz CT molecular complexity index is 357. The first-order valence-corrected chi connectivity index (χ1v) is 7.74. The van der Waals surface area contributed by atoms with Gasteiger partial charge in [-0.05, 0) is 6.92 Å². The standard InChI is InChI=1S/C6H16N2O4S2/c1-6(7)5-8-14(11,12)4-3-13(2,9)10/h6,8H,3-5,7H2,1-2H3. The molecule has 8 heteroatoms. The van der Waals surface area contributed by atoms with Gasteiger partial charge < -0.3 is 5.73 Å². The van der Waals surface area contributed by atoms with E-state index in [4.69, 9.17) is 5.73 Å². The molecule has 0 spiro atoms. The van der Waals surface area contributed by atoms with E-state index in [9.17, 15) is 16.8 Å². The maximum atomic E-state index is 11.2. The molecule has 0 fully saturated rings. The van der Waals surface area contributed by atoms with Crippen LogP contribution in [0.15, 0.2) is 0 Å². The fraction of sp³-hybridized carbons (Fsp3) is 1.00. The fourth-order valence-corrected chi connectivity index (χ4v) is 3.34. The lowest BCUT2D eigenvalue weighted by Gasteiger charge is -2.07. The minimum atomic E-state index is -3.52. The highest BCUT2D eigenvalue weighted by Crippen LogP contribution is 1.89. The molecule has 0 aliphatic heterocycles. The summed E-state index contributed by atoms with van der Waals surface area (Å²) < 4.78 is 45.9. The lowest BCUT2D eigenvalue weighted by atomic mass is 10.4. The van der Waals surface area contributed by atoms with Crippen molar-refractivity contribution in [3.63, 3.8) is 0 Å². The number of hydrogen-bond donors (Lipinski definition) is 2. The Balaban J connectivity index is 4.10. The van der Waals surface area contributed by atoms with E-state index in [1.165, 1.54) is 0 Å². The van der Waals surface area contributed by atoms with E-state index >= 15 is 0 Å². The van der Waals surface area contributed by atoms with Gasteiger partial charge in [-0.2, -0.15) is 0 Å². The molecular formula is C6H16N2O4S2. The molecule has 14 heavy (non-hydrogen) atoms. The van der Waals surface area contributed by atoms with E-state index in [0.29, 0.717) is 0 Å². The van der Waals surface area contributed by atoms with Crippen molar-refractivity contribution in [1.82, 2.24) is 4.72 Å². The molecule has 3 N–H and O–H groups in total. The summed E-state index contributed by atoms with van der Waals surface area (Å²) in [6.07, 6.45) is 0.994. The summed E-state index contributed by atoms with van der Waals surface area (Å²) in [7, 11) is -6.77. The molecule has 0 radical (unpaired) electrons. The highest BCUT2D eigenvalue weighted by molar-refractivity contribution is 7.93. The topological polar surface area (TPSA) is 106 Å². The molecule has 1 unspecified atom stereocenters. The van der Waals surface area contributed by atoms with E-state index in [1.807, 2.05) is 0 Å². The number of sulfone groups is 1. The van der Waals surface area contributed by atoms with Crippen molar-refractivity contribution < 1.29 is 16.8 Å². The second-order valence-corrected chi connectivity index (χ2v) is 7.46. The van der Waals surface area contributed by atoms with Gasteiger partial charge in [0.1, 0.15) is 9.84 Å². The van der Waals surface area contributed by atoms with Crippen molar-refractivity contribution in [2.75, 3.05) is 24.3 Å². The third-order valence-electron chi connectivity index (χ3n) is 1.35. The van der Waals surface area contributed by atoms with Crippen LogP contribution in [0.25, 0.3) is 0 Å². The molecule has 1 atom stereocenters. The number of hydrogen-bond acceptors (Lipinski definition) is 5. The van der Waals surface area contributed by atoms with E-state index < -0.39 is 25.6 Å². The average Bonchev–Trinajstić information content (AvgIpc) is 1.97. The Morgan fingerprint density at radius 3 is 2.07 bits per heavy atom. The number of nitrogens with one attached hydrogen (secondary N) is 1. The molecule has 0 bridgehead atoms. The smallest absolute Gasteiger partial charge is 0.212 e. The molecule has 0 saturated carbocycles. The SMILES string of the molecule is CC(N)CNS(=O)(=O)CCS(C)(=O)=O. The quantitative estimate of drug-likeness (QED) is 0.579. The summed E-state index contributed by atoms with van der Waals surface area (Å²) in [6, 6.07) is -0.289. The summed E-state index contributed by atoms with van der Waals surface area (Å²) in [5, 5.41) is 0. The molecule has 0 heterocycles. The Kier molecular flexibility index (Phi) is 4.99. The summed E-state index contributed by atoms with van der Waals surface area (Å²) in [5.74, 6) is -0.792. The van der Waals surface area contributed by atoms with Crippen LogP contribution in [0.2, 0.25) is 0 Å². The Morgan fingerprint density at radius 1 is 1.21 bits per heavy atom. The van der Waals surface area contributed by atoms with Crippen molar-refractivity contribution in [2.24, 2.45) is 5.73 Å². The van der Waals surface area contributed by atoms with Gasteiger partial charge in [-0.25, -0.2) is 21.6 Å². The van der Waals surface area contributed by atoms with Crippen LogP contribution in [0.5, 0.6) is 0 Å². The van der Waals surface area contributed by atoms with Crippen molar-refractivity contribution in [3.8, 4) is 0 Å². The normalized spacial score (nSPS) is 15.4. The second kappa shape index (κ2) is 5.06. The summed E-state index contributed by atoms with van der Waals surface area (Å²) in [5.41, 5.74) is 5.34. The predicted octanol–water partition coefficient (Wildman–Crippen LogP) is -1.70. The van der Waals surface area contributed by atoms with Crippen LogP contribution < -0.4 is 10.5 Å². The average molecular weight is 244 g/mol. The van der Waals surface area contributed by atoms with Crippen molar-refractivity contribution in [3.05, 3.63) is 0 Å². The molecule has 86 valence electrons. The minimum absolute atomic E-state index is 0.117. The molecule has 0 aliphatic rings. The molecule has 0 amide bonds. The van der Waals surface area contributed by atoms with Gasteiger partial charge in [0.25, 0.3) is 0 Å². The van der Waals surface area contributed by atoms with Crippen molar-refractivity contribution in [1.29, 1.82) is 0 Å². The summed E-state index contributed by atoms with van der Waals surface area (Å²) in [4.78, 5) is 0. The first-order chi connectivity index (χ1) is 6.12. The Hall–Kier alpha value is -0.180. The van der Waals surface area contributed by atoms with Gasteiger partial charge in [0.05, 0.1) is 11.5 Å². The Morgan fingerprint density at radius 2 is 1.71 bits per heavy atom. The van der Waals surface area contributed by atoms with Gasteiger partial charge in [0.2, 0.25) is 10.0 Å². The van der Waals surface area contributed by atoms with Gasteiger partial charge >= 0.3 is 0 Å². The van der Waals surface area contributed by atoms with Crippen LogP contribution in [0.3, 0.4) is 0 Å². The van der Waals surface area contributed by atoms with Crippen LogP contribution >= 0.6 is 0 Å². The van der Waals surface area contributed by atoms with Gasteiger partial charge in [-0.3, -0.25) is 0 Å². The lowest BCUT2D eigenvalue weighted by Crippen LogP contribution is -2.37. The van der Waals surface area contributed by atoms with Crippen molar-refractivity contribution >= 4 is 19.9 Å². The molecule has 0 aromatic carbocycles. The third-order valence-corrected chi connectivity index (χ3v) is 3.90. The maximum absolute atomic E-state index is 11.2. The summed E-state index contributed by atoms with van der Waals surface area (Å²) >= 11 is 0. The highest BCUT2D eigenvalue weighted by Gasteiger charge is 2.14. The van der Waals surface area contributed by atoms with Gasteiger partial charge in [-0.1, -0.05) is 0 Å². The zero-order valence-electron chi connectivity index (χ0n) is 8.23. The van der Waals surface area contributed by atoms with E-state index in [2.05, 4.69) is 4.72 Å². The first kappa shape index (κ1) is 13.8. The zero-order valence-corrected chi connectivity index (χ0v) is 9.86. The lowest BCUT2D eigenvalue weighted by molar-refractivity contribution is 0.572. The van der Waals surface area contributed by atoms with Crippen LogP contribution in [-0.2, 0) is 19.9 Å². The van der Waals surface area contributed by atoms with Gasteiger partial charge in [-0.15, -0.1) is 0 Å². The number of nitrogens with two attached hydrogens (primary N) is 1. The Labute approximate surface area is 84.8 Å². The first-order valence-electron chi connectivity index (χ1n) is 4.03. The molecular weight excluding hydrogens is 228 g/mol. The molecule has 0 rings (SSSR count). The molecule has 0 aromatic heterocycles. The fourth-order valence-electron chi connectivity index (χ4n) is 0.592. The molecule has 0 aliphatic carbocycles. The van der Waals surface area contributed by atoms with Gasteiger partial charge in [0.15, 0.2) is 0 Å².